The normalized spacial score (nSPS) is 14.7. The molecular formula is C53H27N3O8. The van der Waals surface area contributed by atoms with Crippen LogP contribution in [-0.4, -0.2) is 46.5 Å². The number of nitrogens with two attached hydrogens (primary N) is 2. The van der Waals surface area contributed by atoms with E-state index < -0.39 is 11.8 Å². The number of hydrogen-bond donors (Lipinski definition) is 3. The maximum atomic E-state index is 13.6. The smallest absolute Gasteiger partial charge is 0.258 e. The van der Waals surface area contributed by atoms with Crippen molar-refractivity contribution in [1.82, 2.24) is 5.32 Å². The van der Waals surface area contributed by atoms with Crippen LogP contribution in [0.25, 0.3) is 54.2 Å². The van der Waals surface area contributed by atoms with Gasteiger partial charge in [0, 0.05) is 77.8 Å². The fourth-order valence-corrected chi connectivity index (χ4v) is 10.3. The Morgan fingerprint density at radius 1 is 0.312 bits per heavy atom. The molecule has 2 amide bonds. The van der Waals surface area contributed by atoms with E-state index in [0.717, 1.165) is 32.3 Å². The third kappa shape index (κ3) is 4.69. The first-order valence-corrected chi connectivity index (χ1v) is 20.3. The van der Waals surface area contributed by atoms with Gasteiger partial charge in [0.25, 0.3) is 11.8 Å². The lowest BCUT2D eigenvalue weighted by molar-refractivity contribution is 0.0838. The van der Waals surface area contributed by atoms with Crippen molar-refractivity contribution in [3.8, 4) is 11.1 Å². The van der Waals surface area contributed by atoms with Crippen molar-refractivity contribution in [2.75, 3.05) is 11.5 Å². The van der Waals surface area contributed by atoms with E-state index in [1.807, 2.05) is 24.3 Å². The number of ketones is 6. The van der Waals surface area contributed by atoms with Crippen molar-refractivity contribution in [3.05, 3.63) is 188 Å². The number of fused-ring (bicyclic) bond motifs is 6. The van der Waals surface area contributed by atoms with E-state index in [1.165, 1.54) is 0 Å². The fraction of sp³-hybridized carbons (Fsp3) is 0.0189. The summed E-state index contributed by atoms with van der Waals surface area (Å²) >= 11 is 0. The van der Waals surface area contributed by atoms with Crippen molar-refractivity contribution < 1.29 is 38.4 Å². The predicted octanol–water partition coefficient (Wildman–Crippen LogP) is 8.46. The molecule has 5 N–H and O–H groups in total. The Labute approximate surface area is 360 Å². The average molecular weight is 834 g/mol. The quantitative estimate of drug-likeness (QED) is 0.0474. The molecule has 9 aromatic carbocycles. The molecule has 0 fully saturated rings. The summed E-state index contributed by atoms with van der Waals surface area (Å²) in [5.41, 5.74) is 17.0. The van der Waals surface area contributed by atoms with Gasteiger partial charge in [0.1, 0.15) is 0 Å². The summed E-state index contributed by atoms with van der Waals surface area (Å²) in [5.74, 6) is -2.57. The van der Waals surface area contributed by atoms with Crippen LogP contribution in [0.5, 0.6) is 0 Å². The number of amides is 2. The van der Waals surface area contributed by atoms with Crippen molar-refractivity contribution in [3.63, 3.8) is 0 Å². The first kappa shape index (κ1) is 36.9. The number of hydrogen-bond acceptors (Lipinski definition) is 10. The van der Waals surface area contributed by atoms with E-state index in [2.05, 4.69) is 5.32 Å². The monoisotopic (exact) mass is 833 g/mol. The van der Waals surface area contributed by atoms with Gasteiger partial charge in [-0.2, -0.15) is 0 Å². The van der Waals surface area contributed by atoms with Crippen molar-refractivity contribution in [1.29, 1.82) is 0 Å². The number of benzene rings is 9. The molecule has 302 valence electrons. The van der Waals surface area contributed by atoms with Crippen LogP contribution >= 0.6 is 0 Å². The second kappa shape index (κ2) is 12.8. The van der Waals surface area contributed by atoms with Gasteiger partial charge in [0.05, 0.1) is 17.5 Å². The van der Waals surface area contributed by atoms with E-state index in [-0.39, 0.29) is 97.0 Å². The molecule has 0 aromatic heterocycles. The number of rotatable bonds is 1. The summed E-state index contributed by atoms with van der Waals surface area (Å²) in [7, 11) is 0. The van der Waals surface area contributed by atoms with Crippen LogP contribution in [-0.2, 0) is 0 Å². The van der Waals surface area contributed by atoms with Gasteiger partial charge in [-0.1, -0.05) is 97.1 Å². The van der Waals surface area contributed by atoms with E-state index in [9.17, 15) is 38.4 Å². The molecule has 0 spiro atoms. The molecule has 0 saturated carbocycles. The molecule has 0 atom stereocenters. The van der Waals surface area contributed by atoms with Crippen LogP contribution in [0.3, 0.4) is 0 Å². The van der Waals surface area contributed by atoms with Crippen LogP contribution in [0, 0.1) is 0 Å². The maximum absolute atomic E-state index is 13.6. The summed E-state index contributed by atoms with van der Waals surface area (Å²) in [6.07, 6.45) is -0.100. The van der Waals surface area contributed by atoms with E-state index in [0.29, 0.717) is 44.2 Å². The second-order valence-electron chi connectivity index (χ2n) is 16.3. The van der Waals surface area contributed by atoms with Gasteiger partial charge in [-0.05, 0) is 67.7 Å². The zero-order valence-corrected chi connectivity index (χ0v) is 33.2. The van der Waals surface area contributed by atoms with E-state index in [4.69, 9.17) is 11.5 Å². The van der Waals surface area contributed by atoms with Crippen molar-refractivity contribution in [2.45, 2.75) is 6.42 Å². The standard InChI is InChI=1S/C28H16N2O4.C25H11NO4/c29-19-11-9-13(21-23(19)27(33)17-7-3-1-5-15(17)25(21)31)14-10-12-20(30)24-22(14)26(32)16-6-2-4-8-18(16)28(24)34;27-18-9-19(28)15-6-2-11-13-4-8-17-23-16(24(29)26-25(17)30)7-3-12(21(13)23)10-1-5-14(18)22(15)20(10)11/h1-12H,29-30H2;1-8H,9H2,(H,26,29,30). The summed E-state index contributed by atoms with van der Waals surface area (Å²) in [4.78, 5) is 104. The highest BCUT2D eigenvalue weighted by Gasteiger charge is 2.38. The van der Waals surface area contributed by atoms with E-state index >= 15 is 0 Å². The molecule has 1 aliphatic heterocycles. The van der Waals surface area contributed by atoms with Gasteiger partial charge in [-0.3, -0.25) is 43.7 Å². The maximum Gasteiger partial charge on any atom is 0.258 e. The number of carbonyl (C=O) groups excluding carboxylic acids is 8. The molecule has 0 saturated heterocycles. The minimum atomic E-state index is -0.400. The molecule has 0 bridgehead atoms. The van der Waals surface area contributed by atoms with Crippen molar-refractivity contribution >= 4 is 101 Å². The summed E-state index contributed by atoms with van der Waals surface area (Å²) in [6.45, 7) is 0. The average Bonchev–Trinajstić information content (AvgIpc) is 3.30. The highest BCUT2D eigenvalue weighted by molar-refractivity contribution is 6.42. The largest absolute Gasteiger partial charge is 0.398 e. The lowest BCUT2D eigenvalue weighted by Gasteiger charge is -2.25. The number of imide groups is 1. The number of nitrogens with one attached hydrogen (secondary N) is 1. The molecule has 0 radical (unpaired) electrons. The van der Waals surface area contributed by atoms with Gasteiger partial charge in [-0.25, -0.2) is 0 Å². The van der Waals surface area contributed by atoms with Crippen LogP contribution in [0.2, 0.25) is 0 Å². The molecule has 9 aromatic rings. The Kier molecular flexibility index (Phi) is 7.36. The van der Waals surface area contributed by atoms with Gasteiger partial charge in [-0.15, -0.1) is 0 Å². The first-order chi connectivity index (χ1) is 30.9. The van der Waals surface area contributed by atoms with Crippen LogP contribution in [0.15, 0.2) is 121 Å². The molecule has 13 rings (SSSR count). The first-order valence-electron chi connectivity index (χ1n) is 20.3. The third-order valence-electron chi connectivity index (χ3n) is 13.0. The molecule has 11 nitrogen and oxygen atoms in total. The summed E-state index contributed by atoms with van der Waals surface area (Å²) in [6, 6.07) is 34.1. The highest BCUT2D eigenvalue weighted by atomic mass is 16.2. The second-order valence-corrected chi connectivity index (χ2v) is 16.3. The lowest BCUT2D eigenvalue weighted by atomic mass is 9.76. The highest BCUT2D eigenvalue weighted by Crippen LogP contribution is 2.46. The third-order valence-corrected chi connectivity index (χ3v) is 13.0. The van der Waals surface area contributed by atoms with Gasteiger partial charge >= 0.3 is 0 Å². The molecular weight excluding hydrogens is 807 g/mol. The zero-order chi connectivity index (χ0) is 44.0. The minimum Gasteiger partial charge on any atom is -0.398 e. The van der Waals surface area contributed by atoms with Crippen molar-refractivity contribution in [2.24, 2.45) is 0 Å². The molecule has 0 unspecified atom stereocenters. The Balaban J connectivity index is 0.000000136. The van der Waals surface area contributed by atoms with Crippen LogP contribution in [0.4, 0.5) is 11.4 Å². The topological polar surface area (TPSA) is 201 Å². The fourth-order valence-electron chi connectivity index (χ4n) is 10.3. The Bertz CT molecular complexity index is 3490. The minimum absolute atomic E-state index is 0.0989. The van der Waals surface area contributed by atoms with Crippen LogP contribution in [0.1, 0.15) is 112 Å². The van der Waals surface area contributed by atoms with E-state index in [1.54, 1.807) is 97.1 Å². The molecule has 4 aliphatic rings. The Morgan fingerprint density at radius 3 is 1.00 bits per heavy atom. The van der Waals surface area contributed by atoms with Gasteiger partial charge in [0.15, 0.2) is 34.7 Å². The molecule has 11 heteroatoms. The number of anilines is 2. The lowest BCUT2D eigenvalue weighted by Crippen LogP contribution is -2.34. The van der Waals surface area contributed by atoms with Gasteiger partial charge in [0.2, 0.25) is 0 Å². The Morgan fingerprint density at radius 2 is 0.625 bits per heavy atom. The zero-order valence-electron chi connectivity index (χ0n) is 33.2. The molecule has 64 heavy (non-hydrogen) atoms. The molecule has 1 heterocycles. The summed E-state index contributed by atoms with van der Waals surface area (Å²) < 4.78 is 0. The van der Waals surface area contributed by atoms with Gasteiger partial charge < -0.3 is 11.5 Å². The summed E-state index contributed by atoms with van der Waals surface area (Å²) in [5, 5.41) is 9.11. The Hall–Kier alpha value is -8.96. The number of carbonyl (C=O) groups is 8. The van der Waals surface area contributed by atoms with Crippen LogP contribution < -0.4 is 16.8 Å². The number of nitrogen functional groups attached to an aromatic ring is 2. The predicted molar refractivity (Wildman–Crippen MR) is 240 cm³/mol. The molecule has 3 aliphatic carbocycles. The number of Topliss-reactive ketones (excluding diaryl/α,β-unsaturated/α-hetero) is 2. The SMILES string of the molecule is Nc1ccc(-c2ccc(N)c3c2C(=O)c2ccccc2C3=O)c2c1C(=O)c1ccccc1C2=O.O=C1CC(=O)c2ccc3c4ccc5c6c(ccc(c7ccc1c2c73)c64)C(=O)NC5=O.